The lowest BCUT2D eigenvalue weighted by molar-refractivity contribution is -0.152. The van der Waals surface area contributed by atoms with Gasteiger partial charge in [-0.15, -0.1) is 5.10 Å². The number of nitrogens with zero attached hydrogens (tertiary/aromatic N) is 3. The lowest BCUT2D eigenvalue weighted by Crippen LogP contribution is -2.52. The van der Waals surface area contributed by atoms with Gasteiger partial charge in [0, 0.05) is 6.42 Å². The topological polar surface area (TPSA) is 92.8 Å². The van der Waals surface area contributed by atoms with E-state index in [4.69, 9.17) is 4.74 Å². The van der Waals surface area contributed by atoms with E-state index in [0.717, 1.165) is 13.0 Å². The highest BCUT2D eigenvalue weighted by molar-refractivity contribution is 5.76. The van der Waals surface area contributed by atoms with E-state index in [-0.39, 0.29) is 24.0 Å². The third-order valence-electron chi connectivity index (χ3n) is 5.26. The number of H-pyrrole nitrogens is 1. The molecule has 1 saturated heterocycles. The van der Waals surface area contributed by atoms with Gasteiger partial charge in [0.2, 0.25) is 0 Å². The molecule has 2 heterocycles. The maximum Gasteiger partial charge on any atom is 0.323 e. The Morgan fingerprint density at radius 3 is 3.00 bits per heavy atom. The zero-order valence-corrected chi connectivity index (χ0v) is 14.3. The number of carbonyl (C=O) groups is 1. The molecule has 0 spiro atoms. The fraction of sp³-hybridized carbons (Fsp3) is 0.875. The Labute approximate surface area is 141 Å². The number of carbonyl (C=O) groups excluding carboxylic acids is 1. The van der Waals surface area contributed by atoms with Crippen molar-refractivity contribution in [2.45, 2.75) is 70.2 Å². The summed E-state index contributed by atoms with van der Waals surface area (Å²) in [6.45, 7) is 4.45. The summed E-state index contributed by atoms with van der Waals surface area (Å²) in [6, 6.07) is -0.311. The molecule has 0 radical (unpaired) electrons. The van der Waals surface area contributed by atoms with Crippen molar-refractivity contribution >= 4 is 5.97 Å². The molecule has 2 fully saturated rings. The second-order valence-electron chi connectivity index (χ2n) is 7.44. The van der Waals surface area contributed by atoms with Gasteiger partial charge in [-0.25, -0.2) is 9.49 Å². The van der Waals surface area contributed by atoms with Gasteiger partial charge in [0.15, 0.2) is 0 Å². The first-order valence-electron chi connectivity index (χ1n) is 8.80. The van der Waals surface area contributed by atoms with Crippen LogP contribution >= 0.6 is 0 Å². The number of esters is 1. The number of hydrogen-bond acceptors (Lipinski definition) is 6. The Hall–Kier alpha value is -1.57. The van der Waals surface area contributed by atoms with E-state index in [1.165, 1.54) is 0 Å². The van der Waals surface area contributed by atoms with Crippen LogP contribution in [0.1, 0.15) is 51.8 Å². The van der Waals surface area contributed by atoms with Crippen LogP contribution in [0.15, 0.2) is 0 Å². The van der Waals surface area contributed by atoms with E-state index in [1.807, 2.05) is 13.8 Å². The number of aromatic amines is 1. The van der Waals surface area contributed by atoms with E-state index in [2.05, 4.69) is 25.9 Å². The number of halogens is 1. The molecule has 1 aromatic heterocycles. The zero-order valence-electron chi connectivity index (χ0n) is 14.3. The number of tetrazole rings is 1. The Balaban J connectivity index is 1.56. The van der Waals surface area contributed by atoms with Crippen molar-refractivity contribution in [1.29, 1.82) is 0 Å². The zero-order chi connectivity index (χ0) is 17.2. The number of piperidine rings is 1. The summed E-state index contributed by atoms with van der Waals surface area (Å²) in [4.78, 5) is 12.1. The third kappa shape index (κ3) is 4.09. The van der Waals surface area contributed by atoms with E-state index >= 15 is 4.39 Å². The van der Waals surface area contributed by atoms with Crippen LogP contribution in [-0.2, 0) is 16.0 Å². The first-order chi connectivity index (χ1) is 11.5. The van der Waals surface area contributed by atoms with Crippen molar-refractivity contribution in [3.63, 3.8) is 0 Å². The number of alkyl halides is 1. The van der Waals surface area contributed by atoms with Crippen LogP contribution in [0.3, 0.4) is 0 Å². The van der Waals surface area contributed by atoms with Crippen LogP contribution in [-0.4, -0.2) is 51.0 Å². The number of aromatic nitrogens is 4. The molecule has 24 heavy (non-hydrogen) atoms. The standard InChI is InChI=1S/C16H26FN5O2/c1-10(2)24-15(23)13-7-12-8-16(17,5-3-11(12)9-18-13)6-4-14-19-21-22-20-14/h10-13,18H,3-9H2,1-2H3,(H,19,20,21,22)/t11-,12-,13-,16-/m0/s1. The Kier molecular flexibility index (Phi) is 5.12. The molecule has 3 rings (SSSR count). The molecule has 1 aliphatic heterocycles. The van der Waals surface area contributed by atoms with Crippen LogP contribution in [0, 0.1) is 11.8 Å². The number of nitrogens with one attached hydrogen (secondary N) is 2. The van der Waals surface area contributed by atoms with Crippen molar-refractivity contribution in [3.8, 4) is 0 Å². The molecule has 2 aliphatic rings. The number of aryl methyl sites for hydroxylation is 1. The molecule has 0 unspecified atom stereocenters. The summed E-state index contributed by atoms with van der Waals surface area (Å²) >= 11 is 0. The van der Waals surface area contributed by atoms with Crippen molar-refractivity contribution in [2.75, 3.05) is 6.54 Å². The Morgan fingerprint density at radius 2 is 2.29 bits per heavy atom. The van der Waals surface area contributed by atoms with E-state index in [0.29, 0.717) is 43.8 Å². The Morgan fingerprint density at radius 1 is 1.46 bits per heavy atom. The average Bonchev–Trinajstić information content (AvgIpc) is 3.05. The third-order valence-corrected chi connectivity index (χ3v) is 5.26. The molecular weight excluding hydrogens is 313 g/mol. The quantitative estimate of drug-likeness (QED) is 0.791. The van der Waals surface area contributed by atoms with Gasteiger partial charge in [0.25, 0.3) is 0 Å². The number of hydrogen-bond donors (Lipinski definition) is 2. The van der Waals surface area contributed by atoms with Crippen LogP contribution in [0.5, 0.6) is 0 Å². The van der Waals surface area contributed by atoms with Gasteiger partial charge in [0.05, 0.1) is 6.10 Å². The normalized spacial score (nSPS) is 33.2. The van der Waals surface area contributed by atoms with E-state index in [9.17, 15) is 4.79 Å². The van der Waals surface area contributed by atoms with Gasteiger partial charge in [-0.05, 0) is 74.8 Å². The van der Waals surface area contributed by atoms with Gasteiger partial charge in [-0.1, -0.05) is 0 Å². The minimum absolute atomic E-state index is 0.126. The van der Waals surface area contributed by atoms with Crippen molar-refractivity contribution in [2.24, 2.45) is 11.8 Å². The van der Waals surface area contributed by atoms with Gasteiger partial charge in [-0.2, -0.15) is 0 Å². The highest BCUT2D eigenvalue weighted by atomic mass is 19.1. The summed E-state index contributed by atoms with van der Waals surface area (Å²) in [5.41, 5.74) is -1.20. The monoisotopic (exact) mass is 339 g/mol. The van der Waals surface area contributed by atoms with Gasteiger partial charge in [-0.3, -0.25) is 4.79 Å². The van der Waals surface area contributed by atoms with Crippen molar-refractivity contribution < 1.29 is 13.9 Å². The number of rotatable bonds is 5. The molecule has 0 amide bonds. The summed E-state index contributed by atoms with van der Waals surface area (Å²) in [5, 5.41) is 16.8. The lowest BCUT2D eigenvalue weighted by atomic mass is 9.67. The predicted octanol–water partition coefficient (Wildman–Crippen LogP) is 1.57. The molecule has 1 aromatic rings. The largest absolute Gasteiger partial charge is 0.462 e. The molecule has 134 valence electrons. The summed E-state index contributed by atoms with van der Waals surface area (Å²) < 4.78 is 20.6. The van der Waals surface area contributed by atoms with Crippen LogP contribution in [0.4, 0.5) is 4.39 Å². The molecule has 0 bridgehead atoms. The molecule has 1 saturated carbocycles. The van der Waals surface area contributed by atoms with Gasteiger partial charge < -0.3 is 10.1 Å². The maximum atomic E-state index is 15.3. The molecule has 7 nitrogen and oxygen atoms in total. The summed E-state index contributed by atoms with van der Waals surface area (Å²) in [7, 11) is 0. The first kappa shape index (κ1) is 17.3. The second-order valence-corrected chi connectivity index (χ2v) is 7.44. The minimum Gasteiger partial charge on any atom is -0.462 e. The maximum absolute atomic E-state index is 15.3. The van der Waals surface area contributed by atoms with Crippen LogP contribution in [0.2, 0.25) is 0 Å². The SMILES string of the molecule is CC(C)OC(=O)[C@@H]1C[C@H]2C[C@@](F)(CCc3nnn[nH]3)CC[C@H]2CN1. The van der Waals surface area contributed by atoms with E-state index < -0.39 is 5.67 Å². The minimum atomic E-state index is -1.20. The number of ether oxygens (including phenoxy) is 1. The Bertz CT molecular complexity index is 553. The highest BCUT2D eigenvalue weighted by Gasteiger charge is 2.44. The van der Waals surface area contributed by atoms with Crippen molar-refractivity contribution in [1.82, 2.24) is 25.9 Å². The fourth-order valence-corrected chi connectivity index (χ4v) is 3.99. The first-order valence-corrected chi connectivity index (χ1v) is 8.80. The lowest BCUT2D eigenvalue weighted by Gasteiger charge is -2.44. The summed E-state index contributed by atoms with van der Waals surface area (Å²) in [5.74, 6) is 1.08. The fourth-order valence-electron chi connectivity index (χ4n) is 3.99. The van der Waals surface area contributed by atoms with Crippen molar-refractivity contribution in [3.05, 3.63) is 5.82 Å². The number of fused-ring (bicyclic) bond motifs is 1. The molecule has 4 atom stereocenters. The molecule has 2 N–H and O–H groups in total. The van der Waals surface area contributed by atoms with Gasteiger partial charge in [0.1, 0.15) is 17.5 Å². The molecule has 0 aromatic carbocycles. The molecule has 8 heteroatoms. The summed E-state index contributed by atoms with van der Waals surface area (Å²) in [6.07, 6.45) is 3.39. The van der Waals surface area contributed by atoms with Crippen LogP contribution in [0.25, 0.3) is 0 Å². The average molecular weight is 339 g/mol. The smallest absolute Gasteiger partial charge is 0.323 e. The van der Waals surface area contributed by atoms with Crippen LogP contribution < -0.4 is 5.32 Å². The predicted molar refractivity (Wildman–Crippen MR) is 84.8 cm³/mol. The van der Waals surface area contributed by atoms with Gasteiger partial charge >= 0.3 is 5.97 Å². The highest BCUT2D eigenvalue weighted by Crippen LogP contribution is 2.44. The molecule has 1 aliphatic carbocycles. The molecular formula is C16H26FN5O2. The van der Waals surface area contributed by atoms with E-state index in [1.54, 1.807) is 0 Å². The second kappa shape index (κ2) is 7.13.